The second-order valence-corrected chi connectivity index (χ2v) is 6.14. The zero-order valence-corrected chi connectivity index (χ0v) is 13.1. The van der Waals surface area contributed by atoms with Crippen LogP contribution in [0.1, 0.15) is 37.9 Å². The van der Waals surface area contributed by atoms with E-state index in [9.17, 15) is 0 Å². The minimum absolute atomic E-state index is 0.0453. The van der Waals surface area contributed by atoms with Crippen LogP contribution in [0.15, 0.2) is 33.7 Å². The SMILES string of the molecule is CCC(N)C(C)c1nc(CSc2cccc(Cl)c2)no1. The quantitative estimate of drug-likeness (QED) is 0.821. The molecule has 0 bridgehead atoms. The lowest BCUT2D eigenvalue weighted by Gasteiger charge is -2.13. The van der Waals surface area contributed by atoms with Gasteiger partial charge in [0.15, 0.2) is 5.82 Å². The summed E-state index contributed by atoms with van der Waals surface area (Å²) < 4.78 is 5.28. The molecule has 0 aliphatic rings. The second kappa shape index (κ2) is 7.11. The minimum Gasteiger partial charge on any atom is -0.339 e. The topological polar surface area (TPSA) is 64.9 Å². The van der Waals surface area contributed by atoms with E-state index >= 15 is 0 Å². The number of aromatic nitrogens is 2. The molecule has 1 heterocycles. The van der Waals surface area contributed by atoms with Gasteiger partial charge in [-0.15, -0.1) is 11.8 Å². The van der Waals surface area contributed by atoms with Crippen molar-refractivity contribution in [2.75, 3.05) is 0 Å². The average Bonchev–Trinajstić information content (AvgIpc) is 2.92. The predicted octanol–water partition coefficient (Wildman–Crippen LogP) is 3.86. The van der Waals surface area contributed by atoms with Crippen molar-refractivity contribution >= 4 is 23.4 Å². The lowest BCUT2D eigenvalue weighted by molar-refractivity contribution is 0.337. The molecule has 2 atom stereocenters. The molecule has 2 aromatic rings. The predicted molar refractivity (Wildman–Crippen MR) is 82.0 cm³/mol. The summed E-state index contributed by atoms with van der Waals surface area (Å²) in [5.74, 6) is 2.02. The fourth-order valence-electron chi connectivity index (χ4n) is 1.75. The highest BCUT2D eigenvalue weighted by Crippen LogP contribution is 2.25. The zero-order chi connectivity index (χ0) is 14.5. The molecule has 2 N–H and O–H groups in total. The van der Waals surface area contributed by atoms with Gasteiger partial charge >= 0.3 is 0 Å². The van der Waals surface area contributed by atoms with Crippen LogP contribution >= 0.6 is 23.4 Å². The summed E-state index contributed by atoms with van der Waals surface area (Å²) in [7, 11) is 0. The maximum Gasteiger partial charge on any atom is 0.231 e. The maximum absolute atomic E-state index is 5.99. The molecule has 0 amide bonds. The molecule has 0 saturated heterocycles. The van der Waals surface area contributed by atoms with Gasteiger partial charge in [-0.25, -0.2) is 0 Å². The van der Waals surface area contributed by atoms with Crippen molar-refractivity contribution in [2.45, 2.75) is 42.9 Å². The Morgan fingerprint density at radius 3 is 2.95 bits per heavy atom. The molecule has 2 unspecified atom stereocenters. The number of nitrogens with two attached hydrogens (primary N) is 1. The van der Waals surface area contributed by atoms with Gasteiger partial charge in [-0.3, -0.25) is 0 Å². The molecule has 0 aliphatic heterocycles. The molecule has 108 valence electrons. The van der Waals surface area contributed by atoms with Crippen LogP contribution in [0.4, 0.5) is 0 Å². The Kier molecular flexibility index (Phi) is 5.46. The van der Waals surface area contributed by atoms with Crippen LogP contribution in [0.5, 0.6) is 0 Å². The van der Waals surface area contributed by atoms with Crippen LogP contribution < -0.4 is 5.73 Å². The summed E-state index contributed by atoms with van der Waals surface area (Å²) in [5.41, 5.74) is 5.99. The van der Waals surface area contributed by atoms with Crippen molar-refractivity contribution in [3.8, 4) is 0 Å². The van der Waals surface area contributed by atoms with Crippen LogP contribution in [0.25, 0.3) is 0 Å². The van der Waals surface area contributed by atoms with Gasteiger partial charge < -0.3 is 10.3 Å². The van der Waals surface area contributed by atoms with Crippen LogP contribution in [-0.2, 0) is 5.75 Å². The van der Waals surface area contributed by atoms with E-state index in [2.05, 4.69) is 10.1 Å². The van der Waals surface area contributed by atoms with E-state index in [1.165, 1.54) is 0 Å². The molecule has 1 aromatic carbocycles. The first kappa shape index (κ1) is 15.4. The molecule has 1 aromatic heterocycles. The van der Waals surface area contributed by atoms with E-state index in [0.29, 0.717) is 17.5 Å². The summed E-state index contributed by atoms with van der Waals surface area (Å²) in [6.45, 7) is 4.06. The monoisotopic (exact) mass is 311 g/mol. The Bertz CT molecular complexity index is 561. The van der Waals surface area contributed by atoms with Crippen molar-refractivity contribution in [1.29, 1.82) is 0 Å². The molecule has 0 fully saturated rings. The molecule has 20 heavy (non-hydrogen) atoms. The number of nitrogens with zero attached hydrogens (tertiary/aromatic N) is 2. The number of thioether (sulfide) groups is 1. The Hall–Kier alpha value is -1.04. The van der Waals surface area contributed by atoms with Crippen molar-refractivity contribution in [1.82, 2.24) is 10.1 Å². The zero-order valence-electron chi connectivity index (χ0n) is 11.5. The van der Waals surface area contributed by atoms with E-state index in [4.69, 9.17) is 21.9 Å². The first-order valence-electron chi connectivity index (χ1n) is 6.56. The van der Waals surface area contributed by atoms with Gasteiger partial charge in [0.1, 0.15) is 0 Å². The molecule has 0 saturated carbocycles. The minimum atomic E-state index is 0.0453. The maximum atomic E-state index is 5.99. The van der Waals surface area contributed by atoms with Gasteiger partial charge in [0, 0.05) is 16.0 Å². The van der Waals surface area contributed by atoms with Gasteiger partial charge in [-0.2, -0.15) is 4.98 Å². The van der Waals surface area contributed by atoms with Crippen molar-refractivity contribution < 1.29 is 4.52 Å². The van der Waals surface area contributed by atoms with Gasteiger partial charge in [-0.05, 0) is 24.6 Å². The lowest BCUT2D eigenvalue weighted by atomic mass is 10.0. The van der Waals surface area contributed by atoms with E-state index in [1.807, 2.05) is 38.1 Å². The number of hydrogen-bond donors (Lipinski definition) is 1. The Labute approximate surface area is 128 Å². The summed E-state index contributed by atoms with van der Waals surface area (Å²) >= 11 is 7.57. The molecular weight excluding hydrogens is 294 g/mol. The van der Waals surface area contributed by atoms with E-state index in [0.717, 1.165) is 16.3 Å². The molecule has 4 nitrogen and oxygen atoms in total. The van der Waals surface area contributed by atoms with Gasteiger partial charge in [0.25, 0.3) is 0 Å². The molecular formula is C14H18ClN3OS. The fraction of sp³-hybridized carbons (Fsp3) is 0.429. The highest BCUT2D eigenvalue weighted by atomic mass is 35.5. The third-order valence-electron chi connectivity index (χ3n) is 3.15. The summed E-state index contributed by atoms with van der Waals surface area (Å²) in [5, 5.41) is 4.72. The number of halogens is 1. The van der Waals surface area contributed by atoms with Crippen LogP contribution in [-0.4, -0.2) is 16.2 Å². The Balaban J connectivity index is 1.96. The third-order valence-corrected chi connectivity index (χ3v) is 4.38. The second-order valence-electron chi connectivity index (χ2n) is 4.66. The normalized spacial score (nSPS) is 14.2. The van der Waals surface area contributed by atoms with E-state index < -0.39 is 0 Å². The van der Waals surface area contributed by atoms with Crippen LogP contribution in [0.3, 0.4) is 0 Å². The fourth-order valence-corrected chi connectivity index (χ4v) is 2.81. The average molecular weight is 312 g/mol. The molecule has 0 aliphatic carbocycles. The number of rotatable bonds is 6. The van der Waals surface area contributed by atoms with Gasteiger partial charge in [0.2, 0.25) is 5.89 Å². The van der Waals surface area contributed by atoms with Crippen LogP contribution in [0, 0.1) is 0 Å². The van der Waals surface area contributed by atoms with E-state index in [1.54, 1.807) is 11.8 Å². The largest absolute Gasteiger partial charge is 0.339 e. The van der Waals surface area contributed by atoms with Gasteiger partial charge in [0.05, 0.1) is 11.7 Å². The number of benzene rings is 1. The highest BCUT2D eigenvalue weighted by molar-refractivity contribution is 7.98. The van der Waals surface area contributed by atoms with Crippen molar-refractivity contribution in [2.24, 2.45) is 5.73 Å². The third kappa shape index (κ3) is 3.98. The highest BCUT2D eigenvalue weighted by Gasteiger charge is 2.19. The van der Waals surface area contributed by atoms with E-state index in [-0.39, 0.29) is 12.0 Å². The smallest absolute Gasteiger partial charge is 0.231 e. The van der Waals surface area contributed by atoms with Gasteiger partial charge in [-0.1, -0.05) is 36.7 Å². The molecule has 6 heteroatoms. The first-order valence-corrected chi connectivity index (χ1v) is 7.93. The molecule has 2 rings (SSSR count). The molecule has 0 spiro atoms. The lowest BCUT2D eigenvalue weighted by Crippen LogP contribution is -2.25. The standard InChI is InChI=1S/C14H18ClN3OS/c1-3-12(16)9(2)14-17-13(18-19-14)8-20-11-6-4-5-10(15)7-11/h4-7,9,12H,3,8,16H2,1-2H3. The van der Waals surface area contributed by atoms with Crippen molar-refractivity contribution in [3.05, 3.63) is 41.0 Å². The summed E-state index contributed by atoms with van der Waals surface area (Å²) in [6.07, 6.45) is 0.885. The summed E-state index contributed by atoms with van der Waals surface area (Å²) in [6, 6.07) is 7.75. The number of hydrogen-bond acceptors (Lipinski definition) is 5. The summed E-state index contributed by atoms with van der Waals surface area (Å²) in [4.78, 5) is 5.49. The Morgan fingerprint density at radius 1 is 1.45 bits per heavy atom. The van der Waals surface area contributed by atoms with Crippen molar-refractivity contribution in [3.63, 3.8) is 0 Å². The Morgan fingerprint density at radius 2 is 2.25 bits per heavy atom. The van der Waals surface area contributed by atoms with Crippen LogP contribution in [0.2, 0.25) is 5.02 Å². The first-order chi connectivity index (χ1) is 9.60. The molecule has 0 radical (unpaired) electrons.